The molecule has 0 fully saturated rings. The summed E-state index contributed by atoms with van der Waals surface area (Å²) in [7, 11) is 2.92. The van der Waals surface area contributed by atoms with Gasteiger partial charge in [-0.1, -0.05) is 12.1 Å². The van der Waals surface area contributed by atoms with Gasteiger partial charge < -0.3 is 20.1 Å². The number of carbonyl (C=O) groups is 2. The molecule has 0 saturated heterocycles. The molecular formula is C14H18N2O4. The Kier molecular flexibility index (Phi) is 6.09. The third kappa shape index (κ3) is 4.01. The first kappa shape index (κ1) is 15.6. The molecule has 1 aromatic rings. The minimum Gasteiger partial charge on any atom is -0.496 e. The Balaban J connectivity index is 2.76. The van der Waals surface area contributed by atoms with E-state index in [1.54, 1.807) is 24.3 Å². The van der Waals surface area contributed by atoms with E-state index in [2.05, 4.69) is 17.2 Å². The van der Waals surface area contributed by atoms with Crippen LogP contribution in [0, 0.1) is 0 Å². The first-order valence-electron chi connectivity index (χ1n) is 6.00. The summed E-state index contributed by atoms with van der Waals surface area (Å²) in [5.74, 6) is 0.0295. The van der Waals surface area contributed by atoms with Crippen LogP contribution in [0.5, 0.6) is 11.5 Å². The van der Waals surface area contributed by atoms with Crippen LogP contribution in [0.3, 0.4) is 0 Å². The molecular weight excluding hydrogens is 260 g/mol. The highest BCUT2D eigenvalue weighted by atomic mass is 16.5. The maximum Gasteiger partial charge on any atom is 0.259 e. The van der Waals surface area contributed by atoms with Gasteiger partial charge in [0.1, 0.15) is 17.1 Å². The van der Waals surface area contributed by atoms with Crippen LogP contribution in [0.1, 0.15) is 10.4 Å². The average molecular weight is 278 g/mol. The lowest BCUT2D eigenvalue weighted by atomic mass is 10.1. The largest absolute Gasteiger partial charge is 0.496 e. The van der Waals surface area contributed by atoms with E-state index >= 15 is 0 Å². The molecule has 0 aliphatic heterocycles. The number of amides is 2. The molecule has 108 valence electrons. The summed E-state index contributed by atoms with van der Waals surface area (Å²) in [5, 5.41) is 5.07. The fraction of sp³-hybridized carbons (Fsp3) is 0.286. The summed E-state index contributed by atoms with van der Waals surface area (Å²) in [6, 6.07) is 5.01. The van der Waals surface area contributed by atoms with Gasteiger partial charge in [0.15, 0.2) is 0 Å². The van der Waals surface area contributed by atoms with Crippen molar-refractivity contribution in [3.63, 3.8) is 0 Å². The van der Waals surface area contributed by atoms with Gasteiger partial charge in [-0.2, -0.15) is 0 Å². The minimum atomic E-state index is -0.437. The number of rotatable bonds is 7. The second-order valence-corrected chi connectivity index (χ2v) is 3.81. The summed E-state index contributed by atoms with van der Waals surface area (Å²) < 4.78 is 10.3. The highest BCUT2D eigenvalue weighted by Gasteiger charge is 2.18. The van der Waals surface area contributed by atoms with Crippen LogP contribution in [0.2, 0.25) is 0 Å². The number of hydrogen-bond acceptors (Lipinski definition) is 4. The van der Waals surface area contributed by atoms with E-state index in [1.165, 1.54) is 14.2 Å². The summed E-state index contributed by atoms with van der Waals surface area (Å²) in [6.45, 7) is 3.71. The van der Waals surface area contributed by atoms with Gasteiger partial charge in [-0.05, 0) is 12.1 Å². The standard InChI is InChI=1S/C14H18N2O4/c1-4-8-15-12(17)9-16-14(18)13-10(19-2)6-5-7-11(13)20-3/h4-7H,1,8-9H2,2-3H3,(H,15,17)(H,16,18). The van der Waals surface area contributed by atoms with Crippen molar-refractivity contribution in [3.8, 4) is 11.5 Å². The fourth-order valence-corrected chi connectivity index (χ4v) is 1.57. The van der Waals surface area contributed by atoms with E-state index in [9.17, 15) is 9.59 Å². The molecule has 0 spiro atoms. The Morgan fingerprint density at radius 3 is 2.30 bits per heavy atom. The number of nitrogens with one attached hydrogen (secondary N) is 2. The summed E-state index contributed by atoms with van der Waals surface area (Å²) in [5.41, 5.74) is 0.258. The lowest BCUT2D eigenvalue weighted by Gasteiger charge is -2.12. The Hall–Kier alpha value is -2.50. The monoisotopic (exact) mass is 278 g/mol. The summed E-state index contributed by atoms with van der Waals surface area (Å²) in [6.07, 6.45) is 1.56. The topological polar surface area (TPSA) is 76.7 Å². The van der Waals surface area contributed by atoms with Crippen LogP contribution >= 0.6 is 0 Å². The maximum absolute atomic E-state index is 12.1. The van der Waals surface area contributed by atoms with E-state index in [0.717, 1.165) is 0 Å². The summed E-state index contributed by atoms with van der Waals surface area (Å²) >= 11 is 0. The molecule has 0 aliphatic carbocycles. The Morgan fingerprint density at radius 1 is 1.20 bits per heavy atom. The molecule has 0 heterocycles. The molecule has 0 atom stereocenters. The zero-order valence-electron chi connectivity index (χ0n) is 11.6. The first-order valence-corrected chi connectivity index (χ1v) is 6.00. The normalized spacial score (nSPS) is 9.50. The molecule has 2 amide bonds. The molecule has 0 aromatic heterocycles. The van der Waals surface area contributed by atoms with Crippen molar-refractivity contribution in [3.05, 3.63) is 36.4 Å². The molecule has 6 nitrogen and oxygen atoms in total. The number of benzene rings is 1. The van der Waals surface area contributed by atoms with E-state index in [-0.39, 0.29) is 18.0 Å². The van der Waals surface area contributed by atoms with E-state index in [1.807, 2.05) is 0 Å². The van der Waals surface area contributed by atoms with E-state index in [0.29, 0.717) is 18.0 Å². The predicted octanol–water partition coefficient (Wildman–Crippen LogP) is 0.736. The Morgan fingerprint density at radius 2 is 1.80 bits per heavy atom. The predicted molar refractivity (Wildman–Crippen MR) is 75.1 cm³/mol. The van der Waals surface area contributed by atoms with Gasteiger partial charge in [-0.25, -0.2) is 0 Å². The average Bonchev–Trinajstić information content (AvgIpc) is 2.49. The molecule has 0 aliphatic rings. The van der Waals surface area contributed by atoms with Gasteiger partial charge in [-0.3, -0.25) is 9.59 Å². The molecule has 1 rings (SSSR count). The van der Waals surface area contributed by atoms with Gasteiger partial charge in [0.25, 0.3) is 5.91 Å². The molecule has 1 aromatic carbocycles. The maximum atomic E-state index is 12.1. The molecule has 6 heteroatoms. The van der Waals surface area contributed by atoms with Crippen LogP contribution in [-0.2, 0) is 4.79 Å². The second kappa shape index (κ2) is 7.83. The zero-order chi connectivity index (χ0) is 15.0. The van der Waals surface area contributed by atoms with Gasteiger partial charge in [0.05, 0.1) is 20.8 Å². The lowest BCUT2D eigenvalue weighted by Crippen LogP contribution is -2.37. The highest BCUT2D eigenvalue weighted by molar-refractivity contribution is 6.01. The lowest BCUT2D eigenvalue weighted by molar-refractivity contribution is -0.119. The quantitative estimate of drug-likeness (QED) is 0.721. The van der Waals surface area contributed by atoms with Crippen molar-refractivity contribution in [2.75, 3.05) is 27.3 Å². The smallest absolute Gasteiger partial charge is 0.259 e. The molecule has 20 heavy (non-hydrogen) atoms. The number of ether oxygens (including phenoxy) is 2. The molecule has 0 unspecified atom stereocenters. The highest BCUT2D eigenvalue weighted by Crippen LogP contribution is 2.27. The number of carbonyl (C=O) groups excluding carboxylic acids is 2. The minimum absolute atomic E-state index is 0.131. The van der Waals surface area contributed by atoms with Crippen molar-refractivity contribution in [1.29, 1.82) is 0 Å². The van der Waals surface area contributed by atoms with Crippen molar-refractivity contribution in [2.45, 2.75) is 0 Å². The van der Waals surface area contributed by atoms with Crippen molar-refractivity contribution < 1.29 is 19.1 Å². The molecule has 0 saturated carbocycles. The van der Waals surface area contributed by atoms with Crippen LogP contribution in [0.4, 0.5) is 0 Å². The number of hydrogen-bond donors (Lipinski definition) is 2. The Labute approximate surface area is 117 Å². The third-order valence-corrected chi connectivity index (χ3v) is 2.51. The SMILES string of the molecule is C=CCNC(=O)CNC(=O)c1c(OC)cccc1OC. The molecule has 0 bridgehead atoms. The second-order valence-electron chi connectivity index (χ2n) is 3.81. The van der Waals surface area contributed by atoms with Crippen LogP contribution in [0.25, 0.3) is 0 Å². The van der Waals surface area contributed by atoms with Crippen LogP contribution in [-0.4, -0.2) is 39.1 Å². The molecule has 2 N–H and O–H groups in total. The summed E-state index contributed by atoms with van der Waals surface area (Å²) in [4.78, 5) is 23.5. The Bertz CT molecular complexity index is 478. The fourth-order valence-electron chi connectivity index (χ4n) is 1.57. The van der Waals surface area contributed by atoms with E-state index in [4.69, 9.17) is 9.47 Å². The van der Waals surface area contributed by atoms with Crippen LogP contribution < -0.4 is 20.1 Å². The van der Waals surface area contributed by atoms with Gasteiger partial charge in [-0.15, -0.1) is 6.58 Å². The van der Waals surface area contributed by atoms with Crippen molar-refractivity contribution in [1.82, 2.24) is 10.6 Å². The first-order chi connectivity index (χ1) is 9.63. The van der Waals surface area contributed by atoms with Gasteiger partial charge in [0.2, 0.25) is 5.91 Å². The third-order valence-electron chi connectivity index (χ3n) is 2.51. The van der Waals surface area contributed by atoms with Gasteiger partial charge in [0, 0.05) is 6.54 Å². The van der Waals surface area contributed by atoms with E-state index < -0.39 is 5.91 Å². The van der Waals surface area contributed by atoms with Gasteiger partial charge >= 0.3 is 0 Å². The zero-order valence-corrected chi connectivity index (χ0v) is 11.6. The number of methoxy groups -OCH3 is 2. The molecule has 0 radical (unpaired) electrons. The van der Waals surface area contributed by atoms with Crippen LogP contribution in [0.15, 0.2) is 30.9 Å². The van der Waals surface area contributed by atoms with Crippen molar-refractivity contribution in [2.24, 2.45) is 0 Å². The van der Waals surface area contributed by atoms with Crippen molar-refractivity contribution >= 4 is 11.8 Å².